The zero-order chi connectivity index (χ0) is 13.9. The summed E-state index contributed by atoms with van der Waals surface area (Å²) in [5, 5.41) is 0. The average Bonchev–Trinajstić information content (AvgIpc) is 3.25. The lowest BCUT2D eigenvalue weighted by Crippen LogP contribution is -2.13. The standard InChI is InChI=1S/C8H7NO.2C5H6/c1-2-4-8-7(3-1)5-6-9-10-8;2*1-2-4-5-3-1/h1-6,9H;2*1-4H,5H2. The molecule has 0 radical (unpaired) electrons. The van der Waals surface area contributed by atoms with E-state index in [9.17, 15) is 0 Å². The number of allylic oxidation sites excluding steroid dienone is 8. The van der Waals surface area contributed by atoms with E-state index in [2.05, 4.69) is 54.1 Å². The van der Waals surface area contributed by atoms with Gasteiger partial charge >= 0.3 is 0 Å². The maximum absolute atomic E-state index is 5.09. The van der Waals surface area contributed by atoms with Crippen LogP contribution in [-0.2, 0) is 0 Å². The van der Waals surface area contributed by atoms with Gasteiger partial charge in [0.05, 0.1) is 0 Å². The molecule has 1 aromatic carbocycles. The largest absolute Gasteiger partial charge is 0.382 e. The molecule has 0 fully saturated rings. The summed E-state index contributed by atoms with van der Waals surface area (Å²) in [6, 6.07) is 7.86. The maximum atomic E-state index is 5.09. The summed E-state index contributed by atoms with van der Waals surface area (Å²) in [5.41, 5.74) is 3.77. The predicted molar refractivity (Wildman–Crippen MR) is 85.0 cm³/mol. The van der Waals surface area contributed by atoms with Gasteiger partial charge in [-0.3, -0.25) is 0 Å². The van der Waals surface area contributed by atoms with E-state index in [4.69, 9.17) is 4.84 Å². The van der Waals surface area contributed by atoms with Crippen LogP contribution < -0.4 is 10.3 Å². The lowest BCUT2D eigenvalue weighted by Gasteiger charge is -2.11. The highest BCUT2D eigenvalue weighted by atomic mass is 16.6. The van der Waals surface area contributed by atoms with Crippen LogP contribution in [0.25, 0.3) is 6.08 Å². The molecule has 1 aliphatic heterocycles. The van der Waals surface area contributed by atoms with E-state index in [0.29, 0.717) is 0 Å². The third kappa shape index (κ3) is 5.02. The molecule has 0 bridgehead atoms. The van der Waals surface area contributed by atoms with E-state index in [1.807, 2.05) is 30.3 Å². The van der Waals surface area contributed by atoms with E-state index in [-0.39, 0.29) is 0 Å². The third-order valence-corrected chi connectivity index (χ3v) is 2.73. The van der Waals surface area contributed by atoms with Crippen LogP contribution in [0.2, 0.25) is 0 Å². The van der Waals surface area contributed by atoms with Gasteiger partial charge in [-0.2, -0.15) is 0 Å². The highest BCUT2D eigenvalue weighted by Crippen LogP contribution is 2.20. The Morgan fingerprint density at radius 2 is 1.40 bits per heavy atom. The van der Waals surface area contributed by atoms with Crippen LogP contribution in [0.3, 0.4) is 0 Å². The van der Waals surface area contributed by atoms with Crippen LogP contribution in [0.4, 0.5) is 0 Å². The van der Waals surface area contributed by atoms with Crippen molar-refractivity contribution < 1.29 is 4.84 Å². The van der Waals surface area contributed by atoms with Crippen molar-refractivity contribution in [2.45, 2.75) is 12.8 Å². The lowest BCUT2D eigenvalue weighted by atomic mass is 10.2. The summed E-state index contributed by atoms with van der Waals surface area (Å²) in [6.07, 6.45) is 22.7. The molecule has 0 aromatic heterocycles. The molecule has 1 aromatic rings. The topological polar surface area (TPSA) is 21.3 Å². The molecule has 1 N–H and O–H groups in total. The molecule has 0 saturated carbocycles. The second-order valence-corrected chi connectivity index (χ2v) is 4.28. The van der Waals surface area contributed by atoms with Crippen LogP contribution >= 0.6 is 0 Å². The van der Waals surface area contributed by atoms with Gasteiger partial charge in [0, 0.05) is 11.8 Å². The molecule has 0 unspecified atom stereocenters. The van der Waals surface area contributed by atoms with Gasteiger partial charge in [-0.25, -0.2) is 5.48 Å². The van der Waals surface area contributed by atoms with Gasteiger partial charge in [0.1, 0.15) is 0 Å². The number of para-hydroxylation sites is 1. The minimum Gasteiger partial charge on any atom is -0.382 e. The number of nitrogens with one attached hydrogen (secondary N) is 1. The van der Waals surface area contributed by atoms with Crippen molar-refractivity contribution >= 4 is 6.08 Å². The number of hydrogen-bond donors (Lipinski definition) is 1. The molecule has 102 valence electrons. The normalized spacial score (nSPS) is 15.4. The average molecular weight is 265 g/mol. The molecule has 0 saturated heterocycles. The molecule has 2 heteroatoms. The van der Waals surface area contributed by atoms with Crippen LogP contribution in [0.15, 0.2) is 79.1 Å². The van der Waals surface area contributed by atoms with E-state index >= 15 is 0 Å². The molecule has 0 spiro atoms. The highest BCUT2D eigenvalue weighted by Gasteiger charge is 2.01. The minimum absolute atomic E-state index is 0.880. The molecule has 2 nitrogen and oxygen atoms in total. The molecule has 2 aliphatic carbocycles. The summed E-state index contributed by atoms with van der Waals surface area (Å²) >= 11 is 0. The Kier molecular flexibility index (Phi) is 5.99. The quantitative estimate of drug-likeness (QED) is 0.742. The Labute approximate surface area is 120 Å². The first-order chi connectivity index (χ1) is 9.97. The van der Waals surface area contributed by atoms with Crippen molar-refractivity contribution in [3.05, 3.63) is 84.6 Å². The van der Waals surface area contributed by atoms with Crippen molar-refractivity contribution in [1.82, 2.24) is 5.48 Å². The van der Waals surface area contributed by atoms with Crippen LogP contribution in [0, 0.1) is 0 Å². The Hall–Kier alpha value is -2.48. The number of benzene rings is 1. The summed E-state index contributed by atoms with van der Waals surface area (Å²) in [7, 11) is 0. The van der Waals surface area contributed by atoms with E-state index in [1.54, 1.807) is 6.20 Å². The Bertz CT molecular complexity index is 508. The van der Waals surface area contributed by atoms with Crippen molar-refractivity contribution in [1.29, 1.82) is 0 Å². The first-order valence-corrected chi connectivity index (χ1v) is 6.78. The van der Waals surface area contributed by atoms with Gasteiger partial charge in [0.2, 0.25) is 0 Å². The molecular formula is C18H19NO. The van der Waals surface area contributed by atoms with Gasteiger partial charge < -0.3 is 4.84 Å². The predicted octanol–water partition coefficient (Wildman–Crippen LogP) is 4.56. The van der Waals surface area contributed by atoms with Crippen LogP contribution in [0.5, 0.6) is 5.75 Å². The Morgan fingerprint density at radius 1 is 0.800 bits per heavy atom. The fourth-order valence-electron chi connectivity index (χ4n) is 1.72. The molecule has 3 aliphatic rings. The number of hydroxylamine groups is 1. The zero-order valence-electron chi connectivity index (χ0n) is 11.4. The van der Waals surface area contributed by atoms with E-state index in [1.165, 1.54) is 0 Å². The summed E-state index contributed by atoms with van der Waals surface area (Å²) in [6.45, 7) is 0. The SMILES string of the molecule is C1=CCC=C1.C1=CCC=C1.C1=Cc2ccccc2ON1. The van der Waals surface area contributed by atoms with Crippen LogP contribution in [0.1, 0.15) is 18.4 Å². The first-order valence-electron chi connectivity index (χ1n) is 6.78. The molecule has 0 atom stereocenters. The first kappa shape index (κ1) is 13.9. The molecule has 1 heterocycles. The van der Waals surface area contributed by atoms with Gasteiger partial charge in [-0.05, 0) is 25.0 Å². The molecule has 20 heavy (non-hydrogen) atoms. The Morgan fingerprint density at radius 3 is 1.90 bits per heavy atom. The zero-order valence-corrected chi connectivity index (χ0v) is 11.4. The second kappa shape index (κ2) is 8.59. The maximum Gasteiger partial charge on any atom is 0.162 e. The fourth-order valence-corrected chi connectivity index (χ4v) is 1.72. The smallest absolute Gasteiger partial charge is 0.162 e. The van der Waals surface area contributed by atoms with Gasteiger partial charge in [0.25, 0.3) is 0 Å². The minimum atomic E-state index is 0.880. The lowest BCUT2D eigenvalue weighted by molar-refractivity contribution is 0.239. The van der Waals surface area contributed by atoms with Crippen molar-refractivity contribution in [2.75, 3.05) is 0 Å². The van der Waals surface area contributed by atoms with Crippen molar-refractivity contribution in [3.63, 3.8) is 0 Å². The fraction of sp³-hybridized carbons (Fsp3) is 0.111. The summed E-state index contributed by atoms with van der Waals surface area (Å²) in [4.78, 5) is 5.09. The number of rotatable bonds is 0. The molecular weight excluding hydrogens is 246 g/mol. The van der Waals surface area contributed by atoms with Gasteiger partial charge in [0.15, 0.2) is 5.75 Å². The summed E-state index contributed by atoms with van der Waals surface area (Å²) < 4.78 is 0. The number of fused-ring (bicyclic) bond motifs is 1. The summed E-state index contributed by atoms with van der Waals surface area (Å²) in [5.74, 6) is 0.880. The van der Waals surface area contributed by atoms with Crippen molar-refractivity contribution in [2.24, 2.45) is 0 Å². The van der Waals surface area contributed by atoms with Gasteiger partial charge in [-0.15, -0.1) is 0 Å². The van der Waals surface area contributed by atoms with Gasteiger partial charge in [-0.1, -0.05) is 66.8 Å². The number of hydrogen-bond acceptors (Lipinski definition) is 2. The molecule has 4 rings (SSSR count). The highest BCUT2D eigenvalue weighted by molar-refractivity contribution is 5.57. The third-order valence-electron chi connectivity index (χ3n) is 2.73. The Balaban J connectivity index is 0.000000124. The van der Waals surface area contributed by atoms with Crippen LogP contribution in [-0.4, -0.2) is 0 Å². The van der Waals surface area contributed by atoms with Crippen molar-refractivity contribution in [3.8, 4) is 5.75 Å². The second-order valence-electron chi connectivity index (χ2n) is 4.28. The van der Waals surface area contributed by atoms with E-state index < -0.39 is 0 Å². The monoisotopic (exact) mass is 265 g/mol. The molecule has 0 amide bonds. The van der Waals surface area contributed by atoms with E-state index in [0.717, 1.165) is 24.2 Å².